The molecular formula is C53H48ClN11O5S2. The molecule has 72 heavy (non-hydrogen) atoms. The maximum absolute atomic E-state index is 13.0. The molecule has 19 heteroatoms. The van der Waals surface area contributed by atoms with E-state index < -0.39 is 10.8 Å². The Balaban J connectivity index is 0.000000213. The lowest BCUT2D eigenvalue weighted by atomic mass is 9.85. The number of aromatic nitrogens is 4. The Kier molecular flexibility index (Phi) is 16.0. The molecule has 0 bridgehead atoms. The fourth-order valence-electron chi connectivity index (χ4n) is 6.87. The number of hydrogen-bond acceptors (Lipinski definition) is 14. The number of rotatable bonds is 14. The standard InChI is InChI=1S/C28H28N6O3S.C25H20ClN5O2S/c1-17-8-9-20(32-25(35)18-6-5-7-19(12-18)28(2,3)16-29)13-21(17)33-26(36)23-14-22-27(38-23)34-24(15-31-22)30-10-11-37-4;1-14-7-8-17(29-22(32)15-5-4-6-16(9-15)25(2,3)13-27)10-18(14)30-23(33)20-11-19-24(34-20)31-21(26)12-28-19/h5-9,12-15H,10-11H2,1-4H3,(H,30,34)(H,32,35)(H,33,36);4-12H,1-3H3,(H,29,32)(H,30,33). The van der Waals surface area contributed by atoms with Crippen LogP contribution in [0.15, 0.2) is 109 Å². The molecule has 0 unspecified atom stereocenters. The van der Waals surface area contributed by atoms with E-state index >= 15 is 0 Å². The topological polar surface area (TPSA) is 237 Å². The van der Waals surface area contributed by atoms with Crippen molar-refractivity contribution in [3.05, 3.63) is 158 Å². The quantitative estimate of drug-likeness (QED) is 0.0640. The van der Waals surface area contributed by atoms with Crippen molar-refractivity contribution >= 4 is 107 Å². The summed E-state index contributed by atoms with van der Waals surface area (Å²) in [6.07, 6.45) is 3.06. The van der Waals surface area contributed by atoms with Crippen molar-refractivity contribution in [2.75, 3.05) is 46.8 Å². The maximum Gasteiger partial charge on any atom is 0.265 e. The van der Waals surface area contributed by atoms with Gasteiger partial charge in [0.25, 0.3) is 23.6 Å². The molecule has 0 fully saturated rings. The van der Waals surface area contributed by atoms with E-state index in [4.69, 9.17) is 16.3 Å². The summed E-state index contributed by atoms with van der Waals surface area (Å²) in [6, 6.07) is 32.5. The molecule has 0 atom stereocenters. The Morgan fingerprint density at radius 2 is 1.10 bits per heavy atom. The Morgan fingerprint density at radius 3 is 1.57 bits per heavy atom. The Hall–Kier alpha value is -8.13. The lowest BCUT2D eigenvalue weighted by molar-refractivity contribution is 0.101. The average molecular weight is 1020 g/mol. The predicted octanol–water partition coefficient (Wildman–Crippen LogP) is 11.3. The Labute approximate surface area is 428 Å². The fourth-order valence-corrected chi connectivity index (χ4v) is 8.82. The van der Waals surface area contributed by atoms with Crippen molar-refractivity contribution in [1.82, 2.24) is 19.9 Å². The van der Waals surface area contributed by atoms with Crippen LogP contribution in [0.25, 0.3) is 20.7 Å². The number of ether oxygens (including phenoxy) is 1. The van der Waals surface area contributed by atoms with E-state index in [0.29, 0.717) is 83.3 Å². The van der Waals surface area contributed by atoms with Crippen molar-refractivity contribution in [1.29, 1.82) is 10.5 Å². The van der Waals surface area contributed by atoms with E-state index in [1.165, 1.54) is 28.9 Å². The number of aryl methyl sites for hydroxylation is 2. The molecule has 0 aliphatic heterocycles. The first-order valence-corrected chi connectivity index (χ1v) is 24.3. The highest BCUT2D eigenvalue weighted by Gasteiger charge is 2.23. The van der Waals surface area contributed by atoms with Gasteiger partial charge in [-0.1, -0.05) is 48.0 Å². The van der Waals surface area contributed by atoms with Crippen molar-refractivity contribution in [2.24, 2.45) is 0 Å². The molecule has 0 radical (unpaired) electrons. The van der Waals surface area contributed by atoms with Crippen LogP contribution in [0.3, 0.4) is 0 Å². The largest absolute Gasteiger partial charge is 0.383 e. The second-order valence-corrected chi connectivity index (χ2v) is 19.9. The molecule has 4 aromatic heterocycles. The first kappa shape index (κ1) is 51.7. The van der Waals surface area contributed by atoms with Gasteiger partial charge in [-0.25, -0.2) is 15.0 Å². The minimum atomic E-state index is -0.711. The van der Waals surface area contributed by atoms with Gasteiger partial charge in [-0.15, -0.1) is 22.7 Å². The van der Waals surface area contributed by atoms with E-state index in [9.17, 15) is 29.7 Å². The first-order chi connectivity index (χ1) is 34.4. The summed E-state index contributed by atoms with van der Waals surface area (Å²) in [4.78, 5) is 71.1. The zero-order valence-electron chi connectivity index (χ0n) is 40.2. The second kappa shape index (κ2) is 22.3. The summed E-state index contributed by atoms with van der Waals surface area (Å²) in [5.74, 6) is -0.599. The van der Waals surface area contributed by atoms with Gasteiger partial charge in [0, 0.05) is 47.5 Å². The van der Waals surface area contributed by atoms with Gasteiger partial charge in [-0.05, 0) is 124 Å². The number of hydrogen-bond donors (Lipinski definition) is 5. The number of amides is 4. The van der Waals surface area contributed by atoms with Gasteiger partial charge >= 0.3 is 0 Å². The molecule has 0 aliphatic carbocycles. The molecule has 5 N–H and O–H groups in total. The monoisotopic (exact) mass is 1020 g/mol. The number of thiophene rings is 2. The molecular weight excluding hydrogens is 970 g/mol. The highest BCUT2D eigenvalue weighted by atomic mass is 35.5. The highest BCUT2D eigenvalue weighted by Crippen LogP contribution is 2.30. The molecule has 8 rings (SSSR count). The smallest absolute Gasteiger partial charge is 0.265 e. The van der Waals surface area contributed by atoms with E-state index in [1.807, 2.05) is 38.1 Å². The molecule has 4 heterocycles. The summed E-state index contributed by atoms with van der Waals surface area (Å²) in [7, 11) is 1.63. The number of nitriles is 2. The molecule has 364 valence electrons. The number of nitrogens with zero attached hydrogens (tertiary/aromatic N) is 6. The van der Waals surface area contributed by atoms with Gasteiger partial charge in [0.1, 0.15) is 31.7 Å². The summed E-state index contributed by atoms with van der Waals surface area (Å²) < 4.78 is 5.03. The number of fused-ring (bicyclic) bond motifs is 2. The average Bonchev–Trinajstić information content (AvgIpc) is 4.01. The summed E-state index contributed by atoms with van der Waals surface area (Å²) >= 11 is 8.33. The number of anilines is 5. The number of carbonyl (C=O) groups is 4. The summed E-state index contributed by atoms with van der Waals surface area (Å²) in [5, 5.41) is 33.7. The molecule has 0 saturated carbocycles. The molecule has 0 spiro atoms. The van der Waals surface area contributed by atoms with E-state index in [1.54, 1.807) is 114 Å². The van der Waals surface area contributed by atoms with Crippen molar-refractivity contribution in [3.8, 4) is 12.1 Å². The molecule has 4 amide bonds. The number of carbonyl (C=O) groups excluding carboxylic acids is 4. The zero-order chi connectivity index (χ0) is 51.7. The van der Waals surface area contributed by atoms with E-state index in [-0.39, 0.29) is 28.8 Å². The fraction of sp³-hybridized carbons (Fsp3) is 0.208. The number of benzene rings is 4. The third-order valence-electron chi connectivity index (χ3n) is 11.3. The van der Waals surface area contributed by atoms with Crippen LogP contribution in [-0.2, 0) is 15.6 Å². The third kappa shape index (κ3) is 12.6. The molecule has 4 aromatic carbocycles. The van der Waals surface area contributed by atoms with Gasteiger partial charge < -0.3 is 31.3 Å². The van der Waals surface area contributed by atoms with Crippen LogP contribution in [0.1, 0.15) is 90.0 Å². The molecule has 0 saturated heterocycles. The predicted molar refractivity (Wildman–Crippen MR) is 285 cm³/mol. The van der Waals surface area contributed by atoms with Gasteiger partial charge in [-0.2, -0.15) is 10.5 Å². The maximum atomic E-state index is 13.0. The second-order valence-electron chi connectivity index (χ2n) is 17.5. The van der Waals surface area contributed by atoms with Crippen LogP contribution >= 0.6 is 34.3 Å². The molecule has 16 nitrogen and oxygen atoms in total. The minimum Gasteiger partial charge on any atom is -0.383 e. The normalized spacial score (nSPS) is 11.1. The van der Waals surface area contributed by atoms with E-state index in [2.05, 4.69) is 58.7 Å². The van der Waals surface area contributed by atoms with Crippen LogP contribution < -0.4 is 26.6 Å². The van der Waals surface area contributed by atoms with E-state index in [0.717, 1.165) is 22.3 Å². The number of nitrogens with one attached hydrogen (secondary N) is 5. The number of halogens is 1. The first-order valence-electron chi connectivity index (χ1n) is 22.3. The van der Waals surface area contributed by atoms with Crippen LogP contribution in [-0.4, -0.2) is 63.8 Å². The van der Waals surface area contributed by atoms with Crippen molar-refractivity contribution in [2.45, 2.75) is 52.4 Å². The van der Waals surface area contributed by atoms with Crippen LogP contribution in [0, 0.1) is 36.5 Å². The van der Waals surface area contributed by atoms with Gasteiger partial charge in [0.2, 0.25) is 0 Å². The van der Waals surface area contributed by atoms with Crippen LogP contribution in [0.2, 0.25) is 5.15 Å². The van der Waals surface area contributed by atoms with Crippen LogP contribution in [0.5, 0.6) is 0 Å². The summed E-state index contributed by atoms with van der Waals surface area (Å²) in [6.45, 7) is 12.1. The SMILES string of the molecule is COCCNc1cnc2cc(C(=O)Nc3cc(NC(=O)c4cccc(C(C)(C)C#N)c4)ccc3C)sc2n1.Cc1ccc(NC(=O)c2cccc(C(C)(C)C#N)c2)cc1NC(=O)c1cc2ncc(Cl)nc2s1. The Morgan fingerprint density at radius 1 is 0.625 bits per heavy atom. The lowest BCUT2D eigenvalue weighted by Crippen LogP contribution is -2.17. The molecule has 0 aliphatic rings. The number of methoxy groups -OCH3 is 1. The third-order valence-corrected chi connectivity index (χ3v) is 13.5. The zero-order valence-corrected chi connectivity index (χ0v) is 42.6. The van der Waals surface area contributed by atoms with Crippen LogP contribution in [0.4, 0.5) is 28.6 Å². The van der Waals surface area contributed by atoms with Gasteiger partial charge in [-0.3, -0.25) is 24.2 Å². The summed E-state index contributed by atoms with van der Waals surface area (Å²) in [5.41, 5.74) is 6.10. The van der Waals surface area contributed by atoms with Gasteiger partial charge in [0.05, 0.1) is 51.7 Å². The highest BCUT2D eigenvalue weighted by molar-refractivity contribution is 7.20. The molecule has 8 aromatic rings. The Bertz CT molecular complexity index is 3470. The lowest BCUT2D eigenvalue weighted by Gasteiger charge is -2.17. The van der Waals surface area contributed by atoms with Crippen molar-refractivity contribution < 1.29 is 23.9 Å². The van der Waals surface area contributed by atoms with Crippen molar-refractivity contribution in [3.63, 3.8) is 0 Å². The van der Waals surface area contributed by atoms with Gasteiger partial charge in [0.15, 0.2) is 0 Å². The minimum absolute atomic E-state index is 0.266.